The molecule has 0 saturated heterocycles. The van der Waals surface area contributed by atoms with E-state index >= 15 is 0 Å². The van der Waals surface area contributed by atoms with Crippen LogP contribution in [-0.4, -0.2) is 20.1 Å². The molecule has 16 heavy (non-hydrogen) atoms. The molecule has 0 aliphatic carbocycles. The summed E-state index contributed by atoms with van der Waals surface area (Å²) in [7, 11) is 2.81. The number of carbonyl (C=O) groups excluding carboxylic acids is 1. The summed E-state index contributed by atoms with van der Waals surface area (Å²) in [4.78, 5) is 11.1. The van der Waals surface area contributed by atoms with Crippen LogP contribution in [-0.2, 0) is 9.53 Å². The Labute approximate surface area is 92.4 Å². The SMILES string of the molecule is CNC(CC(=O)OC)c1cccc(F)c1F. The number of nitrogens with one attached hydrogen (secondary N) is 1. The first-order chi connectivity index (χ1) is 7.60. The van der Waals surface area contributed by atoms with Gasteiger partial charge in [0.25, 0.3) is 0 Å². The molecule has 1 aromatic rings. The van der Waals surface area contributed by atoms with E-state index in [-0.39, 0.29) is 12.0 Å². The van der Waals surface area contributed by atoms with Crippen LogP contribution in [0.25, 0.3) is 0 Å². The average molecular weight is 229 g/mol. The standard InChI is InChI=1S/C11H13F2NO2/c1-14-9(6-10(15)16-2)7-4-3-5-8(12)11(7)13/h3-5,9,14H,6H2,1-2H3. The first kappa shape index (κ1) is 12.6. The molecule has 0 amide bonds. The fraction of sp³-hybridized carbons (Fsp3) is 0.364. The smallest absolute Gasteiger partial charge is 0.307 e. The van der Waals surface area contributed by atoms with Crippen molar-refractivity contribution in [1.29, 1.82) is 0 Å². The first-order valence-electron chi connectivity index (χ1n) is 4.78. The number of ether oxygens (including phenoxy) is 1. The second-order valence-corrected chi connectivity index (χ2v) is 3.26. The third-order valence-corrected chi connectivity index (χ3v) is 2.30. The molecule has 0 aliphatic heterocycles. The van der Waals surface area contributed by atoms with Crippen LogP contribution in [0.4, 0.5) is 8.78 Å². The second-order valence-electron chi connectivity index (χ2n) is 3.26. The van der Waals surface area contributed by atoms with Crippen molar-refractivity contribution in [3.05, 3.63) is 35.4 Å². The third kappa shape index (κ3) is 2.76. The average Bonchev–Trinajstić information content (AvgIpc) is 2.29. The molecule has 0 aliphatic rings. The van der Waals surface area contributed by atoms with Crippen LogP contribution in [0.5, 0.6) is 0 Å². The zero-order chi connectivity index (χ0) is 12.1. The quantitative estimate of drug-likeness (QED) is 0.800. The highest BCUT2D eigenvalue weighted by molar-refractivity contribution is 5.70. The van der Waals surface area contributed by atoms with E-state index in [0.29, 0.717) is 0 Å². The maximum Gasteiger partial charge on any atom is 0.307 e. The van der Waals surface area contributed by atoms with E-state index in [2.05, 4.69) is 10.1 Å². The Balaban J connectivity index is 2.95. The molecule has 1 unspecified atom stereocenters. The Hall–Kier alpha value is -1.49. The molecule has 0 spiro atoms. The maximum atomic E-state index is 13.4. The molecule has 1 N–H and O–H groups in total. The molecule has 0 saturated carbocycles. The summed E-state index contributed by atoms with van der Waals surface area (Å²) in [5, 5.41) is 2.74. The van der Waals surface area contributed by atoms with Gasteiger partial charge >= 0.3 is 5.97 Å². The Morgan fingerprint density at radius 1 is 1.50 bits per heavy atom. The van der Waals surface area contributed by atoms with E-state index in [1.807, 2.05) is 0 Å². The minimum atomic E-state index is -0.939. The first-order valence-corrected chi connectivity index (χ1v) is 4.78. The summed E-state index contributed by atoms with van der Waals surface area (Å²) in [5.74, 6) is -2.35. The van der Waals surface area contributed by atoms with Crippen molar-refractivity contribution in [3.8, 4) is 0 Å². The predicted octanol–water partition coefficient (Wildman–Crippen LogP) is 1.79. The number of hydrogen-bond donors (Lipinski definition) is 1. The molecule has 0 heterocycles. The van der Waals surface area contributed by atoms with E-state index in [1.54, 1.807) is 7.05 Å². The Kier molecular flexibility index (Phi) is 4.37. The Morgan fingerprint density at radius 2 is 2.19 bits per heavy atom. The zero-order valence-corrected chi connectivity index (χ0v) is 9.09. The molecule has 3 nitrogen and oxygen atoms in total. The summed E-state index contributed by atoms with van der Waals surface area (Å²) in [6, 6.07) is 3.27. The topological polar surface area (TPSA) is 38.3 Å². The summed E-state index contributed by atoms with van der Waals surface area (Å²) in [5.41, 5.74) is 0.118. The normalized spacial score (nSPS) is 12.2. The van der Waals surface area contributed by atoms with E-state index in [4.69, 9.17) is 0 Å². The van der Waals surface area contributed by atoms with E-state index < -0.39 is 23.6 Å². The van der Waals surface area contributed by atoms with Gasteiger partial charge in [-0.1, -0.05) is 12.1 Å². The van der Waals surface area contributed by atoms with E-state index in [9.17, 15) is 13.6 Å². The predicted molar refractivity (Wildman–Crippen MR) is 54.8 cm³/mol. The van der Waals surface area contributed by atoms with Gasteiger partial charge < -0.3 is 10.1 Å². The molecule has 1 rings (SSSR count). The molecule has 1 aromatic carbocycles. The van der Waals surface area contributed by atoms with Crippen molar-refractivity contribution >= 4 is 5.97 Å². The lowest BCUT2D eigenvalue weighted by atomic mass is 10.0. The molecular formula is C11H13F2NO2. The van der Waals surface area contributed by atoms with Crippen LogP contribution in [0, 0.1) is 11.6 Å². The van der Waals surface area contributed by atoms with Gasteiger partial charge in [0, 0.05) is 11.6 Å². The monoisotopic (exact) mass is 229 g/mol. The number of benzene rings is 1. The molecule has 0 radical (unpaired) electrons. The van der Waals surface area contributed by atoms with Gasteiger partial charge in [0.2, 0.25) is 0 Å². The fourth-order valence-electron chi connectivity index (χ4n) is 1.41. The molecule has 0 aromatic heterocycles. The zero-order valence-electron chi connectivity index (χ0n) is 9.09. The van der Waals surface area contributed by atoms with Crippen LogP contribution < -0.4 is 5.32 Å². The van der Waals surface area contributed by atoms with Crippen molar-refractivity contribution in [2.45, 2.75) is 12.5 Å². The van der Waals surface area contributed by atoms with Gasteiger partial charge in [0.05, 0.1) is 13.5 Å². The summed E-state index contributed by atoms with van der Waals surface area (Å²) in [6.45, 7) is 0. The number of rotatable bonds is 4. The lowest BCUT2D eigenvalue weighted by Crippen LogP contribution is -2.22. The van der Waals surface area contributed by atoms with Crippen LogP contribution in [0.2, 0.25) is 0 Å². The second kappa shape index (κ2) is 5.55. The van der Waals surface area contributed by atoms with Crippen LogP contribution >= 0.6 is 0 Å². The van der Waals surface area contributed by atoms with E-state index in [0.717, 1.165) is 6.07 Å². The van der Waals surface area contributed by atoms with Gasteiger partial charge in [-0.15, -0.1) is 0 Å². The fourth-order valence-corrected chi connectivity index (χ4v) is 1.41. The van der Waals surface area contributed by atoms with Gasteiger partial charge in [0.15, 0.2) is 11.6 Å². The van der Waals surface area contributed by atoms with Gasteiger partial charge in [-0.3, -0.25) is 4.79 Å². The summed E-state index contributed by atoms with van der Waals surface area (Å²) < 4.78 is 30.9. The number of halogens is 2. The maximum absolute atomic E-state index is 13.4. The van der Waals surface area contributed by atoms with Crippen LogP contribution in [0.15, 0.2) is 18.2 Å². The van der Waals surface area contributed by atoms with Gasteiger partial charge in [-0.25, -0.2) is 8.78 Å². The van der Waals surface area contributed by atoms with E-state index in [1.165, 1.54) is 19.2 Å². The lowest BCUT2D eigenvalue weighted by Gasteiger charge is -2.16. The van der Waals surface area contributed by atoms with Crippen molar-refractivity contribution < 1.29 is 18.3 Å². The minimum Gasteiger partial charge on any atom is -0.469 e. The molecule has 88 valence electrons. The largest absolute Gasteiger partial charge is 0.469 e. The Morgan fingerprint density at radius 3 is 2.75 bits per heavy atom. The van der Waals surface area contributed by atoms with Crippen molar-refractivity contribution in [2.75, 3.05) is 14.2 Å². The number of esters is 1. The minimum absolute atomic E-state index is 0.0482. The molecule has 5 heteroatoms. The summed E-state index contributed by atoms with van der Waals surface area (Å²) in [6.07, 6.45) is -0.0482. The molecule has 1 atom stereocenters. The molecular weight excluding hydrogens is 216 g/mol. The highest BCUT2D eigenvalue weighted by atomic mass is 19.2. The highest BCUT2D eigenvalue weighted by Crippen LogP contribution is 2.21. The van der Waals surface area contributed by atoms with Gasteiger partial charge in [-0.2, -0.15) is 0 Å². The highest BCUT2D eigenvalue weighted by Gasteiger charge is 2.19. The summed E-state index contributed by atoms with van der Waals surface area (Å²) >= 11 is 0. The Bertz CT molecular complexity index is 382. The molecule has 0 bridgehead atoms. The van der Waals surface area contributed by atoms with Crippen LogP contribution in [0.1, 0.15) is 18.0 Å². The number of methoxy groups -OCH3 is 1. The lowest BCUT2D eigenvalue weighted by molar-refractivity contribution is -0.141. The third-order valence-electron chi connectivity index (χ3n) is 2.30. The number of carbonyl (C=O) groups is 1. The number of hydrogen-bond acceptors (Lipinski definition) is 3. The van der Waals surface area contributed by atoms with Crippen molar-refractivity contribution in [3.63, 3.8) is 0 Å². The van der Waals surface area contributed by atoms with Crippen molar-refractivity contribution in [2.24, 2.45) is 0 Å². The van der Waals surface area contributed by atoms with Crippen LogP contribution in [0.3, 0.4) is 0 Å². The van der Waals surface area contributed by atoms with Gasteiger partial charge in [0.1, 0.15) is 0 Å². The van der Waals surface area contributed by atoms with Crippen molar-refractivity contribution in [1.82, 2.24) is 5.32 Å². The molecule has 0 fully saturated rings. The van der Waals surface area contributed by atoms with Gasteiger partial charge in [-0.05, 0) is 13.1 Å².